The molecule has 108 valence electrons. The number of alkyl halides is 1. The summed E-state index contributed by atoms with van der Waals surface area (Å²) in [6.07, 6.45) is 4.94. The fourth-order valence-electron chi connectivity index (χ4n) is 3.51. The van der Waals surface area contributed by atoms with E-state index in [1.54, 1.807) is 0 Å². The summed E-state index contributed by atoms with van der Waals surface area (Å²) in [6, 6.07) is 6.54. The van der Waals surface area contributed by atoms with Gasteiger partial charge in [-0.1, -0.05) is 19.4 Å². The van der Waals surface area contributed by atoms with Crippen molar-refractivity contribution >= 4 is 22.6 Å². The zero-order chi connectivity index (χ0) is 14.1. The van der Waals surface area contributed by atoms with E-state index in [1.165, 1.54) is 30.3 Å². The molecule has 0 N–H and O–H groups in total. The van der Waals surface area contributed by atoms with Crippen LogP contribution in [0.3, 0.4) is 0 Å². The maximum atomic E-state index is 5.95. The van der Waals surface area contributed by atoms with Gasteiger partial charge >= 0.3 is 0 Å². The minimum absolute atomic E-state index is 0.642. The Morgan fingerprint density at radius 1 is 1.35 bits per heavy atom. The predicted molar refractivity (Wildman–Crippen MR) is 85.4 cm³/mol. The van der Waals surface area contributed by atoms with E-state index in [-0.39, 0.29) is 0 Å². The van der Waals surface area contributed by atoms with Gasteiger partial charge in [-0.15, -0.1) is 11.6 Å². The van der Waals surface area contributed by atoms with Gasteiger partial charge < -0.3 is 4.57 Å². The fraction of sp³-hybridized carbons (Fsp3) is 0.588. The molecule has 1 aliphatic carbocycles. The van der Waals surface area contributed by atoms with Crippen LogP contribution >= 0.6 is 11.6 Å². The topological polar surface area (TPSA) is 17.8 Å². The highest BCUT2D eigenvalue weighted by Gasteiger charge is 2.23. The van der Waals surface area contributed by atoms with Gasteiger partial charge in [0.25, 0.3) is 0 Å². The molecule has 3 rings (SSSR count). The number of nitrogens with zero attached hydrogens (tertiary/aromatic N) is 2. The van der Waals surface area contributed by atoms with Crippen molar-refractivity contribution in [1.82, 2.24) is 9.55 Å². The van der Waals surface area contributed by atoms with Gasteiger partial charge in [-0.25, -0.2) is 4.98 Å². The lowest BCUT2D eigenvalue weighted by atomic mass is 10.1. The monoisotopic (exact) mass is 290 g/mol. The van der Waals surface area contributed by atoms with Crippen molar-refractivity contribution in [2.24, 2.45) is 11.8 Å². The van der Waals surface area contributed by atoms with Crippen LogP contribution in [-0.4, -0.2) is 15.4 Å². The molecule has 1 heterocycles. The average Bonchev–Trinajstić information content (AvgIpc) is 2.96. The molecule has 0 spiro atoms. The molecule has 0 radical (unpaired) electrons. The van der Waals surface area contributed by atoms with Crippen molar-refractivity contribution in [3.63, 3.8) is 0 Å². The molecule has 0 bridgehead atoms. The van der Waals surface area contributed by atoms with E-state index >= 15 is 0 Å². The largest absolute Gasteiger partial charge is 0.328 e. The van der Waals surface area contributed by atoms with E-state index < -0.39 is 0 Å². The first-order chi connectivity index (χ1) is 9.67. The van der Waals surface area contributed by atoms with Crippen LogP contribution in [0.1, 0.15) is 37.6 Å². The van der Waals surface area contributed by atoms with Gasteiger partial charge in [0.05, 0.1) is 11.0 Å². The standard InChI is InChI=1S/C17H23ClN2/c1-12-3-5-14(9-12)11-20-16-10-13(2)4-6-15(16)19-17(20)7-8-18/h4,6,10,12,14H,3,5,7-9,11H2,1-2H3. The molecule has 2 atom stereocenters. The summed E-state index contributed by atoms with van der Waals surface area (Å²) in [7, 11) is 0. The molecule has 0 aliphatic heterocycles. The molecular formula is C17H23ClN2. The second kappa shape index (κ2) is 5.77. The molecule has 1 fully saturated rings. The molecule has 3 heteroatoms. The number of hydrogen-bond donors (Lipinski definition) is 0. The van der Waals surface area contributed by atoms with E-state index in [1.807, 2.05) is 0 Å². The van der Waals surface area contributed by atoms with Gasteiger partial charge in [0, 0.05) is 18.8 Å². The van der Waals surface area contributed by atoms with Crippen molar-refractivity contribution in [2.75, 3.05) is 5.88 Å². The maximum Gasteiger partial charge on any atom is 0.111 e. The lowest BCUT2D eigenvalue weighted by molar-refractivity contribution is 0.439. The highest BCUT2D eigenvalue weighted by Crippen LogP contribution is 2.32. The second-order valence-electron chi connectivity index (χ2n) is 6.35. The summed E-state index contributed by atoms with van der Waals surface area (Å²) in [5.74, 6) is 3.48. The van der Waals surface area contributed by atoms with Gasteiger partial charge in [0.1, 0.15) is 5.82 Å². The Morgan fingerprint density at radius 2 is 2.20 bits per heavy atom. The summed E-state index contributed by atoms with van der Waals surface area (Å²) in [6.45, 7) is 5.63. The minimum Gasteiger partial charge on any atom is -0.328 e. The van der Waals surface area contributed by atoms with Crippen molar-refractivity contribution in [3.8, 4) is 0 Å². The minimum atomic E-state index is 0.642. The van der Waals surface area contributed by atoms with E-state index in [0.717, 1.165) is 36.1 Å². The number of fused-ring (bicyclic) bond motifs is 1. The first-order valence-electron chi connectivity index (χ1n) is 7.69. The number of aryl methyl sites for hydroxylation is 2. The predicted octanol–water partition coefficient (Wildman–Crippen LogP) is 4.56. The van der Waals surface area contributed by atoms with Crippen molar-refractivity contribution in [2.45, 2.75) is 46.1 Å². The van der Waals surface area contributed by atoms with Crippen LogP contribution in [0.15, 0.2) is 18.2 Å². The number of halogens is 1. The Hall–Kier alpha value is -1.02. The van der Waals surface area contributed by atoms with Crippen molar-refractivity contribution in [1.29, 1.82) is 0 Å². The molecule has 20 heavy (non-hydrogen) atoms. The van der Waals surface area contributed by atoms with Gasteiger partial charge in [0.15, 0.2) is 0 Å². The lowest BCUT2D eigenvalue weighted by Gasteiger charge is -2.14. The number of hydrogen-bond acceptors (Lipinski definition) is 1. The van der Waals surface area contributed by atoms with Crippen LogP contribution in [0.25, 0.3) is 11.0 Å². The van der Waals surface area contributed by atoms with Gasteiger partial charge in [0.2, 0.25) is 0 Å². The first-order valence-corrected chi connectivity index (χ1v) is 8.22. The van der Waals surface area contributed by atoms with Gasteiger partial charge in [-0.3, -0.25) is 0 Å². The molecule has 2 aromatic rings. The van der Waals surface area contributed by atoms with Crippen LogP contribution < -0.4 is 0 Å². The van der Waals surface area contributed by atoms with Crippen LogP contribution in [0.5, 0.6) is 0 Å². The van der Waals surface area contributed by atoms with Crippen LogP contribution in [0.4, 0.5) is 0 Å². The molecule has 2 nitrogen and oxygen atoms in total. The summed E-state index contributed by atoms with van der Waals surface area (Å²) >= 11 is 5.95. The van der Waals surface area contributed by atoms with Crippen LogP contribution in [0.2, 0.25) is 0 Å². The molecule has 1 aliphatic rings. The van der Waals surface area contributed by atoms with Crippen molar-refractivity contribution in [3.05, 3.63) is 29.6 Å². The summed E-state index contributed by atoms with van der Waals surface area (Å²) < 4.78 is 2.42. The third-order valence-corrected chi connectivity index (χ3v) is 4.73. The van der Waals surface area contributed by atoms with E-state index in [9.17, 15) is 0 Å². The van der Waals surface area contributed by atoms with Gasteiger partial charge in [-0.2, -0.15) is 0 Å². The van der Waals surface area contributed by atoms with Gasteiger partial charge in [-0.05, 0) is 49.3 Å². The molecule has 2 unspecified atom stereocenters. The van der Waals surface area contributed by atoms with Crippen LogP contribution in [0, 0.1) is 18.8 Å². The smallest absolute Gasteiger partial charge is 0.111 e. The fourth-order valence-corrected chi connectivity index (χ4v) is 3.68. The zero-order valence-corrected chi connectivity index (χ0v) is 13.2. The molecule has 1 saturated carbocycles. The average molecular weight is 291 g/mol. The van der Waals surface area contributed by atoms with E-state index in [0.29, 0.717) is 5.88 Å². The Morgan fingerprint density at radius 3 is 2.90 bits per heavy atom. The molecular weight excluding hydrogens is 268 g/mol. The number of imidazole rings is 1. The Balaban J connectivity index is 1.97. The number of aromatic nitrogens is 2. The number of rotatable bonds is 4. The lowest BCUT2D eigenvalue weighted by Crippen LogP contribution is -2.11. The molecule has 0 saturated heterocycles. The Bertz CT molecular complexity index is 602. The zero-order valence-electron chi connectivity index (χ0n) is 12.4. The Labute approximate surface area is 126 Å². The summed E-state index contributed by atoms with van der Waals surface area (Å²) in [5, 5.41) is 0. The summed E-state index contributed by atoms with van der Waals surface area (Å²) in [4.78, 5) is 4.78. The SMILES string of the molecule is Cc1ccc2nc(CCCl)n(CC3CCC(C)C3)c2c1. The maximum absolute atomic E-state index is 5.95. The third-order valence-electron chi connectivity index (χ3n) is 4.55. The van der Waals surface area contributed by atoms with Crippen LogP contribution in [-0.2, 0) is 13.0 Å². The number of benzene rings is 1. The normalized spacial score (nSPS) is 22.8. The summed E-state index contributed by atoms with van der Waals surface area (Å²) in [5.41, 5.74) is 3.70. The second-order valence-corrected chi connectivity index (χ2v) is 6.73. The quantitative estimate of drug-likeness (QED) is 0.755. The van der Waals surface area contributed by atoms with Crippen molar-refractivity contribution < 1.29 is 0 Å². The molecule has 1 aromatic heterocycles. The van der Waals surface area contributed by atoms with E-state index in [4.69, 9.17) is 16.6 Å². The highest BCUT2D eigenvalue weighted by atomic mass is 35.5. The molecule has 1 aromatic carbocycles. The molecule has 0 amide bonds. The van der Waals surface area contributed by atoms with E-state index in [2.05, 4.69) is 36.6 Å². The first kappa shape index (κ1) is 13.9. The Kier molecular flexibility index (Phi) is 4.02. The third kappa shape index (κ3) is 2.71. The highest BCUT2D eigenvalue weighted by molar-refractivity contribution is 6.17.